The average molecular weight is 411 g/mol. The van der Waals surface area contributed by atoms with Crippen LogP contribution < -0.4 is 19.5 Å². The molecule has 1 N–H and O–H groups in total. The second-order valence-electron chi connectivity index (χ2n) is 6.52. The van der Waals surface area contributed by atoms with E-state index in [0.717, 1.165) is 11.1 Å². The monoisotopic (exact) mass is 411 g/mol. The van der Waals surface area contributed by atoms with Gasteiger partial charge in [0.25, 0.3) is 5.91 Å². The van der Waals surface area contributed by atoms with Crippen LogP contribution in [-0.2, 0) is 4.79 Å². The molecule has 1 heterocycles. The Morgan fingerprint density at radius 3 is 2.50 bits per heavy atom. The fraction of sp³-hybridized carbons (Fsp3) is 0.318. The first-order valence-electron chi connectivity index (χ1n) is 9.74. The first kappa shape index (κ1) is 21.2. The van der Waals surface area contributed by atoms with Gasteiger partial charge in [0.05, 0.1) is 13.2 Å². The highest BCUT2D eigenvalue weighted by Gasteiger charge is 2.18. The van der Waals surface area contributed by atoms with E-state index in [0.29, 0.717) is 41.7 Å². The molecule has 8 heteroatoms. The van der Waals surface area contributed by atoms with E-state index in [9.17, 15) is 4.79 Å². The van der Waals surface area contributed by atoms with Crippen molar-refractivity contribution in [2.24, 2.45) is 0 Å². The number of nitrogens with one attached hydrogen (secondary N) is 1. The van der Waals surface area contributed by atoms with Gasteiger partial charge in [-0.3, -0.25) is 4.79 Å². The Kier molecular flexibility index (Phi) is 6.90. The normalized spacial score (nSPS) is 10.5. The summed E-state index contributed by atoms with van der Waals surface area (Å²) in [4.78, 5) is 12.4. The summed E-state index contributed by atoms with van der Waals surface area (Å²) in [5, 5.41) is 10.4. The van der Waals surface area contributed by atoms with Gasteiger partial charge < -0.3 is 19.5 Å². The average Bonchev–Trinajstić information content (AvgIpc) is 3.19. The predicted molar refractivity (Wildman–Crippen MR) is 112 cm³/mol. The zero-order valence-electron chi connectivity index (χ0n) is 17.5. The van der Waals surface area contributed by atoms with Crippen LogP contribution in [0.15, 0.2) is 41.0 Å². The highest BCUT2D eigenvalue weighted by atomic mass is 16.6. The van der Waals surface area contributed by atoms with E-state index in [4.69, 9.17) is 18.8 Å². The molecule has 0 saturated carbocycles. The number of anilines is 1. The lowest BCUT2D eigenvalue weighted by molar-refractivity contribution is -0.118. The van der Waals surface area contributed by atoms with Crippen molar-refractivity contribution in [3.63, 3.8) is 0 Å². The topological polar surface area (TPSA) is 95.7 Å². The summed E-state index contributed by atoms with van der Waals surface area (Å²) >= 11 is 0. The number of hydrogen-bond acceptors (Lipinski definition) is 7. The van der Waals surface area contributed by atoms with E-state index in [-0.39, 0.29) is 18.3 Å². The standard InChI is InChI=1S/C22H25N3O5/c1-5-27-18-11-10-16(12-19(18)28-6-2)21-22(25-30-24-21)23-20(26)13-29-17-9-7-8-14(3)15(17)4/h7-12H,5-6,13H2,1-4H3,(H,23,25,26). The Balaban J connectivity index is 1.73. The van der Waals surface area contributed by atoms with Gasteiger partial charge >= 0.3 is 0 Å². The molecule has 1 aromatic heterocycles. The van der Waals surface area contributed by atoms with Gasteiger partial charge in [-0.2, -0.15) is 0 Å². The molecule has 0 aliphatic rings. The van der Waals surface area contributed by atoms with Crippen LogP contribution in [-0.4, -0.2) is 36.0 Å². The summed E-state index contributed by atoms with van der Waals surface area (Å²) in [6.45, 7) is 8.57. The minimum absolute atomic E-state index is 0.163. The SMILES string of the molecule is CCOc1ccc(-c2nonc2NC(=O)COc2cccc(C)c2C)cc1OCC. The van der Waals surface area contributed by atoms with Crippen molar-refractivity contribution in [1.82, 2.24) is 10.3 Å². The van der Waals surface area contributed by atoms with Crippen molar-refractivity contribution < 1.29 is 23.6 Å². The van der Waals surface area contributed by atoms with E-state index in [1.165, 1.54) is 0 Å². The molecule has 0 aliphatic heterocycles. The highest BCUT2D eigenvalue weighted by Crippen LogP contribution is 2.34. The van der Waals surface area contributed by atoms with Crippen LogP contribution >= 0.6 is 0 Å². The number of rotatable bonds is 9. The Bertz CT molecular complexity index is 1020. The molecule has 0 spiro atoms. The smallest absolute Gasteiger partial charge is 0.263 e. The molecule has 158 valence electrons. The molecule has 2 aromatic carbocycles. The van der Waals surface area contributed by atoms with Gasteiger partial charge in [0.15, 0.2) is 23.8 Å². The number of aromatic nitrogens is 2. The quantitative estimate of drug-likeness (QED) is 0.564. The third-order valence-electron chi connectivity index (χ3n) is 4.48. The van der Waals surface area contributed by atoms with Crippen molar-refractivity contribution in [2.45, 2.75) is 27.7 Å². The number of hydrogen-bond donors (Lipinski definition) is 1. The van der Waals surface area contributed by atoms with Crippen LogP contribution in [0.4, 0.5) is 5.82 Å². The van der Waals surface area contributed by atoms with Crippen LogP contribution in [0.3, 0.4) is 0 Å². The van der Waals surface area contributed by atoms with Crippen LogP contribution in [0.5, 0.6) is 17.2 Å². The first-order valence-corrected chi connectivity index (χ1v) is 9.74. The molecule has 0 fully saturated rings. The number of ether oxygens (including phenoxy) is 3. The van der Waals surface area contributed by atoms with Gasteiger partial charge in [-0.25, -0.2) is 4.63 Å². The molecule has 0 saturated heterocycles. The van der Waals surface area contributed by atoms with E-state index >= 15 is 0 Å². The van der Waals surface area contributed by atoms with Gasteiger partial charge in [0.2, 0.25) is 5.82 Å². The maximum Gasteiger partial charge on any atom is 0.263 e. The lowest BCUT2D eigenvalue weighted by atomic mass is 10.1. The number of aryl methyl sites for hydroxylation is 1. The molecular weight excluding hydrogens is 386 g/mol. The summed E-state index contributed by atoms with van der Waals surface area (Å²) in [5.41, 5.74) is 3.15. The van der Waals surface area contributed by atoms with Crippen molar-refractivity contribution in [1.29, 1.82) is 0 Å². The summed E-state index contributed by atoms with van der Waals surface area (Å²) in [5.74, 6) is 1.71. The lowest BCUT2D eigenvalue weighted by Gasteiger charge is -2.12. The van der Waals surface area contributed by atoms with Gasteiger partial charge in [-0.15, -0.1) is 0 Å². The maximum absolute atomic E-state index is 12.4. The number of carbonyl (C=O) groups excluding carboxylic acids is 1. The Labute approximate surface area is 175 Å². The molecule has 0 unspecified atom stereocenters. The highest BCUT2D eigenvalue weighted by molar-refractivity contribution is 5.94. The van der Waals surface area contributed by atoms with Crippen LogP contribution in [0, 0.1) is 13.8 Å². The Morgan fingerprint density at radius 1 is 0.967 bits per heavy atom. The molecular formula is C22H25N3O5. The van der Waals surface area contributed by atoms with Crippen LogP contribution in [0.25, 0.3) is 11.3 Å². The van der Waals surface area contributed by atoms with Gasteiger partial charge in [-0.05, 0) is 73.4 Å². The minimum Gasteiger partial charge on any atom is -0.490 e. The fourth-order valence-corrected chi connectivity index (χ4v) is 2.85. The summed E-state index contributed by atoms with van der Waals surface area (Å²) in [7, 11) is 0. The van der Waals surface area contributed by atoms with E-state index in [1.54, 1.807) is 18.2 Å². The van der Waals surface area contributed by atoms with Gasteiger partial charge in [-0.1, -0.05) is 12.1 Å². The number of nitrogens with zero attached hydrogens (tertiary/aromatic N) is 2. The molecule has 0 aliphatic carbocycles. The third kappa shape index (κ3) is 4.89. The largest absolute Gasteiger partial charge is 0.490 e. The molecule has 0 radical (unpaired) electrons. The van der Waals surface area contributed by atoms with Crippen molar-refractivity contribution in [2.75, 3.05) is 25.1 Å². The molecule has 0 atom stereocenters. The van der Waals surface area contributed by atoms with Gasteiger partial charge in [0, 0.05) is 5.56 Å². The molecule has 1 amide bonds. The second kappa shape index (κ2) is 9.78. The second-order valence-corrected chi connectivity index (χ2v) is 6.52. The van der Waals surface area contributed by atoms with Crippen molar-refractivity contribution in [3.05, 3.63) is 47.5 Å². The van der Waals surface area contributed by atoms with E-state index in [2.05, 4.69) is 15.6 Å². The van der Waals surface area contributed by atoms with Crippen LogP contribution in [0.2, 0.25) is 0 Å². The lowest BCUT2D eigenvalue weighted by Crippen LogP contribution is -2.21. The molecule has 8 nitrogen and oxygen atoms in total. The molecule has 30 heavy (non-hydrogen) atoms. The third-order valence-corrected chi connectivity index (χ3v) is 4.48. The zero-order chi connectivity index (χ0) is 21.5. The molecule has 3 aromatic rings. The van der Waals surface area contributed by atoms with Gasteiger partial charge in [0.1, 0.15) is 5.75 Å². The zero-order valence-corrected chi connectivity index (χ0v) is 17.5. The van der Waals surface area contributed by atoms with E-state index in [1.807, 2.05) is 45.9 Å². The summed E-state index contributed by atoms with van der Waals surface area (Å²) < 4.78 is 21.7. The number of carbonyl (C=O) groups is 1. The molecule has 3 rings (SSSR count). The maximum atomic E-state index is 12.4. The van der Waals surface area contributed by atoms with Crippen molar-refractivity contribution >= 4 is 11.7 Å². The van der Waals surface area contributed by atoms with Crippen LogP contribution in [0.1, 0.15) is 25.0 Å². The first-order chi connectivity index (χ1) is 14.5. The Morgan fingerprint density at radius 2 is 1.73 bits per heavy atom. The summed E-state index contributed by atoms with van der Waals surface area (Å²) in [6, 6.07) is 11.1. The fourth-order valence-electron chi connectivity index (χ4n) is 2.85. The molecule has 0 bridgehead atoms. The predicted octanol–water partition coefficient (Wildman–Crippen LogP) is 4.17. The van der Waals surface area contributed by atoms with E-state index < -0.39 is 0 Å². The summed E-state index contributed by atoms with van der Waals surface area (Å²) in [6.07, 6.45) is 0. The number of amides is 1. The Hall–Kier alpha value is -3.55. The van der Waals surface area contributed by atoms with Crippen molar-refractivity contribution in [3.8, 4) is 28.5 Å². The minimum atomic E-state index is -0.371. The number of benzene rings is 2.